The average molecular weight is 300 g/mol. The lowest BCUT2D eigenvalue weighted by atomic mass is 10.1. The van der Waals surface area contributed by atoms with Gasteiger partial charge in [-0.1, -0.05) is 11.6 Å². The lowest BCUT2D eigenvalue weighted by molar-refractivity contribution is 0.102. The van der Waals surface area contributed by atoms with E-state index < -0.39 is 5.91 Å². The second-order valence-electron chi connectivity index (χ2n) is 4.41. The first-order chi connectivity index (χ1) is 10.1. The van der Waals surface area contributed by atoms with Crippen molar-refractivity contribution in [2.45, 2.75) is 0 Å². The fraction of sp³-hybridized carbons (Fsp3) is 0. The van der Waals surface area contributed by atoms with Gasteiger partial charge in [0.25, 0.3) is 5.91 Å². The SMILES string of the molecule is O=C(Nc1ccncc1)c1c[nH]c2cc(Cl)ccc2c1=O. The fourth-order valence-corrected chi connectivity index (χ4v) is 2.17. The maximum absolute atomic E-state index is 12.3. The number of H-pyrrole nitrogens is 1. The first-order valence-corrected chi connectivity index (χ1v) is 6.55. The minimum absolute atomic E-state index is 0.0432. The van der Waals surface area contributed by atoms with Crippen LogP contribution in [0.5, 0.6) is 0 Å². The fourth-order valence-electron chi connectivity index (χ4n) is 2.00. The van der Waals surface area contributed by atoms with E-state index in [1.54, 1.807) is 42.7 Å². The summed E-state index contributed by atoms with van der Waals surface area (Å²) < 4.78 is 0. The Morgan fingerprint density at radius 3 is 2.71 bits per heavy atom. The summed E-state index contributed by atoms with van der Waals surface area (Å²) in [7, 11) is 0. The Kier molecular flexibility index (Phi) is 3.41. The molecule has 0 unspecified atom stereocenters. The third kappa shape index (κ3) is 2.64. The molecule has 0 atom stereocenters. The number of amides is 1. The number of rotatable bonds is 2. The van der Waals surface area contributed by atoms with Gasteiger partial charge in [-0.15, -0.1) is 0 Å². The molecule has 3 aromatic rings. The monoisotopic (exact) mass is 299 g/mol. The number of halogens is 1. The molecule has 21 heavy (non-hydrogen) atoms. The van der Waals surface area contributed by atoms with Gasteiger partial charge in [0.2, 0.25) is 5.43 Å². The first kappa shape index (κ1) is 13.3. The third-order valence-electron chi connectivity index (χ3n) is 3.03. The van der Waals surface area contributed by atoms with Gasteiger partial charge in [-0.3, -0.25) is 14.6 Å². The standard InChI is InChI=1S/C15H10ClN3O2/c16-9-1-2-11-13(7-9)18-8-12(14(11)20)15(21)19-10-3-5-17-6-4-10/h1-8H,(H,18,20)(H,17,19,21). The van der Waals surface area contributed by atoms with E-state index in [2.05, 4.69) is 15.3 Å². The van der Waals surface area contributed by atoms with E-state index in [9.17, 15) is 9.59 Å². The normalized spacial score (nSPS) is 10.5. The van der Waals surface area contributed by atoms with Crippen molar-refractivity contribution in [3.05, 3.63) is 69.7 Å². The summed E-state index contributed by atoms with van der Waals surface area (Å²) in [6, 6.07) is 8.14. The molecule has 2 aromatic heterocycles. The molecule has 0 saturated carbocycles. The van der Waals surface area contributed by atoms with Gasteiger partial charge >= 0.3 is 0 Å². The van der Waals surface area contributed by atoms with Crippen LogP contribution >= 0.6 is 11.6 Å². The van der Waals surface area contributed by atoms with Crippen molar-refractivity contribution in [1.29, 1.82) is 0 Å². The zero-order valence-electron chi connectivity index (χ0n) is 10.8. The second-order valence-corrected chi connectivity index (χ2v) is 4.85. The molecule has 0 saturated heterocycles. The van der Waals surface area contributed by atoms with Crippen LogP contribution in [0.2, 0.25) is 5.02 Å². The molecule has 104 valence electrons. The minimum Gasteiger partial charge on any atom is -0.360 e. The van der Waals surface area contributed by atoms with Crippen molar-refractivity contribution in [3.8, 4) is 0 Å². The van der Waals surface area contributed by atoms with Gasteiger partial charge in [0.05, 0.1) is 5.52 Å². The summed E-state index contributed by atoms with van der Waals surface area (Å²) in [4.78, 5) is 31.3. The summed E-state index contributed by atoms with van der Waals surface area (Å²) in [6.45, 7) is 0. The summed E-state index contributed by atoms with van der Waals surface area (Å²) in [5, 5.41) is 3.59. The van der Waals surface area contributed by atoms with Gasteiger partial charge in [0.15, 0.2) is 0 Å². The maximum atomic E-state index is 12.3. The topological polar surface area (TPSA) is 74.8 Å². The highest BCUT2D eigenvalue weighted by atomic mass is 35.5. The Morgan fingerprint density at radius 1 is 1.19 bits per heavy atom. The van der Waals surface area contributed by atoms with E-state index in [4.69, 9.17) is 11.6 Å². The van der Waals surface area contributed by atoms with Crippen LogP contribution in [0.4, 0.5) is 5.69 Å². The number of hydrogen-bond donors (Lipinski definition) is 2. The van der Waals surface area contributed by atoms with E-state index in [0.717, 1.165) is 0 Å². The minimum atomic E-state index is -0.473. The molecular weight excluding hydrogens is 290 g/mol. The Bertz CT molecular complexity index is 875. The van der Waals surface area contributed by atoms with Gasteiger partial charge in [-0.25, -0.2) is 0 Å². The number of nitrogens with one attached hydrogen (secondary N) is 2. The largest absolute Gasteiger partial charge is 0.360 e. The molecule has 3 rings (SSSR count). The van der Waals surface area contributed by atoms with Crippen LogP contribution in [0, 0.1) is 0 Å². The molecule has 0 bridgehead atoms. The predicted octanol–water partition coefficient (Wildman–Crippen LogP) is 2.83. The van der Waals surface area contributed by atoms with E-state index >= 15 is 0 Å². The summed E-state index contributed by atoms with van der Waals surface area (Å²) in [5.41, 5.74) is 0.868. The van der Waals surface area contributed by atoms with Crippen molar-refractivity contribution in [2.24, 2.45) is 0 Å². The van der Waals surface area contributed by atoms with Crippen molar-refractivity contribution in [3.63, 3.8) is 0 Å². The predicted molar refractivity (Wildman–Crippen MR) is 81.8 cm³/mol. The van der Waals surface area contributed by atoms with Crippen molar-refractivity contribution < 1.29 is 4.79 Å². The molecule has 1 aromatic carbocycles. The van der Waals surface area contributed by atoms with Crippen LogP contribution in [-0.2, 0) is 0 Å². The zero-order valence-corrected chi connectivity index (χ0v) is 11.5. The van der Waals surface area contributed by atoms with Gasteiger partial charge in [-0.05, 0) is 30.3 Å². The zero-order chi connectivity index (χ0) is 14.8. The first-order valence-electron chi connectivity index (χ1n) is 6.17. The van der Waals surface area contributed by atoms with Gasteiger partial charge in [0, 0.05) is 34.7 Å². The van der Waals surface area contributed by atoms with E-state index in [1.807, 2.05) is 0 Å². The summed E-state index contributed by atoms with van der Waals surface area (Å²) in [5.74, 6) is -0.473. The molecule has 1 amide bonds. The van der Waals surface area contributed by atoms with Crippen LogP contribution in [0.15, 0.2) is 53.7 Å². The number of fused-ring (bicyclic) bond motifs is 1. The highest BCUT2D eigenvalue weighted by Gasteiger charge is 2.13. The lowest BCUT2D eigenvalue weighted by Crippen LogP contribution is -2.21. The molecule has 6 heteroatoms. The van der Waals surface area contributed by atoms with Crippen LogP contribution < -0.4 is 10.7 Å². The Labute approximate surface area is 124 Å². The lowest BCUT2D eigenvalue weighted by Gasteiger charge is -2.05. The molecule has 5 nitrogen and oxygen atoms in total. The second kappa shape index (κ2) is 5.38. The number of pyridine rings is 2. The Morgan fingerprint density at radius 2 is 1.95 bits per heavy atom. The molecule has 0 aliphatic carbocycles. The Balaban J connectivity index is 2.01. The number of carbonyl (C=O) groups is 1. The van der Waals surface area contributed by atoms with Gasteiger partial charge < -0.3 is 10.3 Å². The van der Waals surface area contributed by atoms with Crippen LogP contribution in [-0.4, -0.2) is 15.9 Å². The smallest absolute Gasteiger partial charge is 0.261 e. The molecule has 0 radical (unpaired) electrons. The van der Waals surface area contributed by atoms with Crippen molar-refractivity contribution in [2.75, 3.05) is 5.32 Å². The van der Waals surface area contributed by atoms with Crippen LogP contribution in [0.1, 0.15) is 10.4 Å². The molecule has 0 aliphatic heterocycles. The third-order valence-corrected chi connectivity index (χ3v) is 3.26. The number of nitrogens with zero attached hydrogens (tertiary/aromatic N) is 1. The van der Waals surface area contributed by atoms with E-state index in [0.29, 0.717) is 21.6 Å². The number of aromatic amines is 1. The highest BCUT2D eigenvalue weighted by molar-refractivity contribution is 6.31. The maximum Gasteiger partial charge on any atom is 0.261 e. The van der Waals surface area contributed by atoms with Gasteiger partial charge in [-0.2, -0.15) is 0 Å². The Hall–Kier alpha value is -2.66. The van der Waals surface area contributed by atoms with Crippen molar-refractivity contribution in [1.82, 2.24) is 9.97 Å². The number of benzene rings is 1. The number of anilines is 1. The van der Waals surface area contributed by atoms with Crippen molar-refractivity contribution >= 4 is 34.1 Å². The van der Waals surface area contributed by atoms with Crippen LogP contribution in [0.3, 0.4) is 0 Å². The summed E-state index contributed by atoms with van der Waals surface area (Å²) >= 11 is 5.87. The average Bonchev–Trinajstić information content (AvgIpc) is 2.48. The van der Waals surface area contributed by atoms with E-state index in [-0.39, 0.29) is 11.0 Å². The van der Waals surface area contributed by atoms with E-state index in [1.165, 1.54) is 6.20 Å². The highest BCUT2D eigenvalue weighted by Crippen LogP contribution is 2.15. The molecule has 2 heterocycles. The number of carbonyl (C=O) groups excluding carboxylic acids is 1. The molecule has 0 fully saturated rings. The quantitative estimate of drug-likeness (QED) is 0.764. The number of hydrogen-bond acceptors (Lipinski definition) is 3. The van der Waals surface area contributed by atoms with Crippen LogP contribution in [0.25, 0.3) is 10.9 Å². The molecule has 2 N–H and O–H groups in total. The van der Waals surface area contributed by atoms with Gasteiger partial charge in [0.1, 0.15) is 5.56 Å². The molecule has 0 spiro atoms. The molecular formula is C15H10ClN3O2. The molecule has 0 aliphatic rings. The number of aromatic nitrogens is 2. The summed E-state index contributed by atoms with van der Waals surface area (Å²) in [6.07, 6.45) is 4.50.